The van der Waals surface area contributed by atoms with Gasteiger partial charge in [-0.3, -0.25) is 9.59 Å². The lowest BCUT2D eigenvalue weighted by Gasteiger charge is -2.10. The smallest absolute Gasteiger partial charge is 0.339 e. The van der Waals surface area contributed by atoms with Crippen LogP contribution in [0.25, 0.3) is 0 Å². The van der Waals surface area contributed by atoms with Gasteiger partial charge in [-0.25, -0.2) is 13.6 Å². The lowest BCUT2D eigenvalue weighted by molar-refractivity contribution is -0.119. The lowest BCUT2D eigenvalue weighted by atomic mass is 9.98. The summed E-state index contributed by atoms with van der Waals surface area (Å²) in [5, 5.41) is 2.19. The van der Waals surface area contributed by atoms with E-state index in [9.17, 15) is 23.2 Å². The summed E-state index contributed by atoms with van der Waals surface area (Å²) in [5.74, 6) is -3.78. The molecule has 152 valence electrons. The van der Waals surface area contributed by atoms with Gasteiger partial charge in [0.25, 0.3) is 5.91 Å². The Hall–Kier alpha value is -3.87. The van der Waals surface area contributed by atoms with E-state index in [0.717, 1.165) is 17.7 Å². The number of amides is 1. The fourth-order valence-corrected chi connectivity index (χ4v) is 2.71. The normalized spacial score (nSPS) is 10.4. The molecular weight excluding hydrogens is 392 g/mol. The average molecular weight is 409 g/mol. The second-order valence-corrected chi connectivity index (χ2v) is 6.49. The van der Waals surface area contributed by atoms with Crippen LogP contribution < -0.4 is 5.32 Å². The zero-order valence-corrected chi connectivity index (χ0v) is 15.9. The van der Waals surface area contributed by atoms with Crippen molar-refractivity contribution in [2.45, 2.75) is 6.92 Å². The number of anilines is 1. The van der Waals surface area contributed by atoms with E-state index >= 15 is 0 Å². The SMILES string of the molecule is Cc1ccc(C(=O)c2ccccc2C(=O)OCC(=O)Nc2ccc(F)cc2F)cc1. The van der Waals surface area contributed by atoms with E-state index in [1.165, 1.54) is 12.1 Å². The molecule has 0 fully saturated rings. The molecule has 0 atom stereocenters. The molecule has 0 aliphatic carbocycles. The van der Waals surface area contributed by atoms with Gasteiger partial charge in [0, 0.05) is 17.2 Å². The first-order chi connectivity index (χ1) is 14.3. The van der Waals surface area contributed by atoms with Crippen LogP contribution in [-0.4, -0.2) is 24.3 Å². The van der Waals surface area contributed by atoms with Crippen molar-refractivity contribution in [2.75, 3.05) is 11.9 Å². The van der Waals surface area contributed by atoms with Gasteiger partial charge >= 0.3 is 5.97 Å². The third kappa shape index (κ3) is 4.94. The van der Waals surface area contributed by atoms with Crippen LogP contribution in [0.4, 0.5) is 14.5 Å². The van der Waals surface area contributed by atoms with Crippen molar-refractivity contribution in [3.63, 3.8) is 0 Å². The Morgan fingerprint density at radius 1 is 0.900 bits per heavy atom. The first-order valence-corrected chi connectivity index (χ1v) is 8.97. The fourth-order valence-electron chi connectivity index (χ4n) is 2.71. The second kappa shape index (κ2) is 9.09. The van der Waals surface area contributed by atoms with E-state index in [2.05, 4.69) is 5.32 Å². The van der Waals surface area contributed by atoms with Crippen molar-refractivity contribution in [3.05, 3.63) is 101 Å². The zero-order valence-electron chi connectivity index (χ0n) is 15.9. The molecule has 0 heterocycles. The number of ketones is 1. The van der Waals surface area contributed by atoms with Crippen LogP contribution in [0, 0.1) is 18.6 Å². The van der Waals surface area contributed by atoms with Crippen LogP contribution in [0.5, 0.6) is 0 Å². The number of nitrogens with one attached hydrogen (secondary N) is 1. The summed E-state index contributed by atoms with van der Waals surface area (Å²) in [6, 6.07) is 15.6. The lowest BCUT2D eigenvalue weighted by Crippen LogP contribution is -2.22. The van der Waals surface area contributed by atoms with E-state index < -0.39 is 30.1 Å². The average Bonchev–Trinajstić information content (AvgIpc) is 2.74. The Labute approximate surface area is 171 Å². The van der Waals surface area contributed by atoms with Gasteiger partial charge in [-0.2, -0.15) is 0 Å². The molecule has 5 nitrogen and oxygen atoms in total. The predicted molar refractivity (Wildman–Crippen MR) is 106 cm³/mol. The van der Waals surface area contributed by atoms with E-state index in [-0.39, 0.29) is 22.6 Å². The largest absolute Gasteiger partial charge is 0.452 e. The number of hydrogen-bond acceptors (Lipinski definition) is 4. The highest BCUT2D eigenvalue weighted by molar-refractivity contribution is 6.14. The van der Waals surface area contributed by atoms with Gasteiger partial charge in [0.15, 0.2) is 12.4 Å². The van der Waals surface area contributed by atoms with Gasteiger partial charge in [-0.1, -0.05) is 48.0 Å². The summed E-state index contributed by atoms with van der Waals surface area (Å²) in [6.45, 7) is 1.19. The Bertz CT molecular complexity index is 1110. The van der Waals surface area contributed by atoms with Crippen LogP contribution in [0.3, 0.4) is 0 Å². The number of carbonyl (C=O) groups excluding carboxylic acids is 3. The Balaban J connectivity index is 1.69. The molecule has 0 spiro atoms. The standard InChI is InChI=1S/C23H17F2NO4/c1-14-6-8-15(9-7-14)22(28)17-4-2-3-5-18(17)23(29)30-13-21(27)26-20-11-10-16(24)12-19(20)25/h2-12H,13H2,1H3,(H,26,27). The third-order valence-electron chi connectivity index (χ3n) is 4.24. The molecule has 0 aromatic heterocycles. The summed E-state index contributed by atoms with van der Waals surface area (Å²) in [6.07, 6.45) is 0. The number of aryl methyl sites for hydroxylation is 1. The molecule has 3 rings (SSSR count). The first-order valence-electron chi connectivity index (χ1n) is 8.97. The molecule has 0 saturated heterocycles. The number of esters is 1. The molecule has 1 N–H and O–H groups in total. The maximum atomic E-state index is 13.6. The predicted octanol–water partition coefficient (Wildman–Crippen LogP) is 4.30. The van der Waals surface area contributed by atoms with Gasteiger partial charge in [-0.05, 0) is 25.1 Å². The molecule has 30 heavy (non-hydrogen) atoms. The maximum absolute atomic E-state index is 13.6. The molecule has 0 saturated carbocycles. The highest BCUT2D eigenvalue weighted by Crippen LogP contribution is 2.17. The molecule has 1 amide bonds. The number of benzene rings is 3. The van der Waals surface area contributed by atoms with Crippen molar-refractivity contribution in [3.8, 4) is 0 Å². The van der Waals surface area contributed by atoms with Gasteiger partial charge in [-0.15, -0.1) is 0 Å². The van der Waals surface area contributed by atoms with Crippen LogP contribution in [0.15, 0.2) is 66.7 Å². The number of rotatable bonds is 6. The van der Waals surface area contributed by atoms with E-state index in [0.29, 0.717) is 11.6 Å². The Morgan fingerprint density at radius 3 is 2.23 bits per heavy atom. The Kier molecular flexibility index (Phi) is 6.32. The molecular formula is C23H17F2NO4. The summed E-state index contributed by atoms with van der Waals surface area (Å²) < 4.78 is 31.5. The van der Waals surface area contributed by atoms with Gasteiger partial charge in [0.05, 0.1) is 11.3 Å². The van der Waals surface area contributed by atoms with Gasteiger partial charge in [0.1, 0.15) is 11.6 Å². The minimum Gasteiger partial charge on any atom is -0.452 e. The minimum absolute atomic E-state index is 0.00355. The number of hydrogen-bond donors (Lipinski definition) is 1. The second-order valence-electron chi connectivity index (χ2n) is 6.49. The third-order valence-corrected chi connectivity index (χ3v) is 4.24. The molecule has 0 aliphatic heterocycles. The van der Waals surface area contributed by atoms with Gasteiger partial charge < -0.3 is 10.1 Å². The van der Waals surface area contributed by atoms with Crippen LogP contribution in [-0.2, 0) is 9.53 Å². The van der Waals surface area contributed by atoms with Crippen LogP contribution in [0.2, 0.25) is 0 Å². The summed E-state index contributed by atoms with van der Waals surface area (Å²) >= 11 is 0. The molecule has 0 aliphatic rings. The van der Waals surface area contributed by atoms with Crippen LogP contribution in [0.1, 0.15) is 31.8 Å². The molecule has 0 bridgehead atoms. The van der Waals surface area contributed by atoms with Crippen molar-refractivity contribution < 1.29 is 27.9 Å². The number of ether oxygens (including phenoxy) is 1. The monoisotopic (exact) mass is 409 g/mol. The maximum Gasteiger partial charge on any atom is 0.339 e. The molecule has 0 radical (unpaired) electrons. The molecule has 3 aromatic rings. The van der Waals surface area contributed by atoms with Crippen molar-refractivity contribution in [2.24, 2.45) is 0 Å². The van der Waals surface area contributed by atoms with Crippen molar-refractivity contribution in [1.82, 2.24) is 0 Å². The number of carbonyl (C=O) groups is 3. The topological polar surface area (TPSA) is 72.5 Å². The Morgan fingerprint density at radius 2 is 1.57 bits per heavy atom. The van der Waals surface area contributed by atoms with Crippen molar-refractivity contribution >= 4 is 23.3 Å². The summed E-state index contributed by atoms with van der Waals surface area (Å²) in [5.41, 5.74) is 1.29. The minimum atomic E-state index is -0.955. The molecule has 7 heteroatoms. The van der Waals surface area contributed by atoms with Crippen LogP contribution >= 0.6 is 0 Å². The summed E-state index contributed by atoms with van der Waals surface area (Å²) in [4.78, 5) is 37.2. The highest BCUT2D eigenvalue weighted by atomic mass is 19.1. The highest BCUT2D eigenvalue weighted by Gasteiger charge is 2.20. The fraction of sp³-hybridized carbons (Fsp3) is 0.0870. The van der Waals surface area contributed by atoms with Gasteiger partial charge in [0.2, 0.25) is 0 Å². The summed E-state index contributed by atoms with van der Waals surface area (Å²) in [7, 11) is 0. The first kappa shape index (κ1) is 20.9. The van der Waals surface area contributed by atoms with Crippen molar-refractivity contribution in [1.29, 1.82) is 0 Å². The van der Waals surface area contributed by atoms with E-state index in [1.54, 1.807) is 36.4 Å². The molecule has 3 aromatic carbocycles. The number of halogens is 2. The van der Waals surface area contributed by atoms with E-state index in [1.807, 2.05) is 6.92 Å². The molecule has 0 unspecified atom stereocenters. The quantitative estimate of drug-likeness (QED) is 0.487. The zero-order chi connectivity index (χ0) is 21.7. The van der Waals surface area contributed by atoms with E-state index in [4.69, 9.17) is 4.74 Å².